The summed E-state index contributed by atoms with van der Waals surface area (Å²) in [7, 11) is 0. The molecule has 1 aliphatic rings. The Morgan fingerprint density at radius 3 is 2.85 bits per heavy atom. The predicted octanol–water partition coefficient (Wildman–Crippen LogP) is 3.63. The lowest BCUT2D eigenvalue weighted by Gasteiger charge is -2.24. The molecule has 1 aromatic rings. The van der Waals surface area contributed by atoms with Crippen LogP contribution in [0, 0.1) is 18.8 Å². The molecule has 0 aromatic heterocycles. The average molecular weight is 274 g/mol. The Morgan fingerprint density at radius 1 is 1.35 bits per heavy atom. The third-order valence-electron chi connectivity index (χ3n) is 4.29. The van der Waals surface area contributed by atoms with Crippen LogP contribution in [-0.2, 0) is 6.42 Å². The molecule has 0 bridgehead atoms. The van der Waals surface area contributed by atoms with Gasteiger partial charge in [0.05, 0.1) is 0 Å². The Hall–Kier alpha value is -1.02. The van der Waals surface area contributed by atoms with Crippen LogP contribution in [0.25, 0.3) is 0 Å². The third-order valence-corrected chi connectivity index (χ3v) is 4.29. The molecule has 0 saturated carbocycles. The van der Waals surface area contributed by atoms with E-state index < -0.39 is 0 Å². The number of aryl methyl sites for hydroxylation is 2. The predicted molar refractivity (Wildman–Crippen MR) is 88.6 cm³/mol. The largest absolute Gasteiger partial charge is 0.371 e. The van der Waals surface area contributed by atoms with Crippen molar-refractivity contribution in [2.45, 2.75) is 40.5 Å². The minimum Gasteiger partial charge on any atom is -0.371 e. The summed E-state index contributed by atoms with van der Waals surface area (Å²) < 4.78 is 0. The van der Waals surface area contributed by atoms with E-state index in [2.05, 4.69) is 56.1 Å². The van der Waals surface area contributed by atoms with Gasteiger partial charge >= 0.3 is 0 Å². The summed E-state index contributed by atoms with van der Waals surface area (Å²) in [5.41, 5.74) is 4.43. The Bertz CT molecular complexity index is 425. The zero-order chi connectivity index (χ0) is 14.5. The van der Waals surface area contributed by atoms with Gasteiger partial charge in [-0.05, 0) is 55.8 Å². The smallest absolute Gasteiger partial charge is 0.0428 e. The summed E-state index contributed by atoms with van der Waals surface area (Å²) in [4.78, 5) is 2.61. The van der Waals surface area contributed by atoms with Crippen LogP contribution < -0.4 is 10.2 Å². The third kappa shape index (κ3) is 3.76. The first-order valence-electron chi connectivity index (χ1n) is 8.16. The topological polar surface area (TPSA) is 15.3 Å². The van der Waals surface area contributed by atoms with Crippen LogP contribution in [0.15, 0.2) is 18.2 Å². The van der Waals surface area contributed by atoms with Crippen LogP contribution in [-0.4, -0.2) is 26.2 Å². The fourth-order valence-electron chi connectivity index (χ4n) is 3.24. The number of rotatable bonds is 6. The van der Waals surface area contributed by atoms with Gasteiger partial charge in [-0.15, -0.1) is 0 Å². The second kappa shape index (κ2) is 7.12. The number of anilines is 1. The number of hydrogen-bond acceptors (Lipinski definition) is 2. The van der Waals surface area contributed by atoms with Crippen molar-refractivity contribution in [3.8, 4) is 0 Å². The normalized spacial score (nSPS) is 19.1. The minimum absolute atomic E-state index is 0.746. The highest BCUT2D eigenvalue weighted by Crippen LogP contribution is 2.30. The maximum atomic E-state index is 3.62. The van der Waals surface area contributed by atoms with E-state index in [-0.39, 0.29) is 0 Å². The SMILES string of the molecule is CCc1cccc(C)c1N1CCC(CNCC(C)C)C1. The quantitative estimate of drug-likeness (QED) is 0.852. The van der Waals surface area contributed by atoms with Gasteiger partial charge in [0.15, 0.2) is 0 Å². The van der Waals surface area contributed by atoms with Gasteiger partial charge in [0.1, 0.15) is 0 Å². The van der Waals surface area contributed by atoms with E-state index in [0.717, 1.165) is 24.8 Å². The molecule has 1 N–H and O–H groups in total. The van der Waals surface area contributed by atoms with Crippen LogP contribution in [0.4, 0.5) is 5.69 Å². The Morgan fingerprint density at radius 2 is 2.15 bits per heavy atom. The van der Waals surface area contributed by atoms with Crippen molar-refractivity contribution in [2.75, 3.05) is 31.1 Å². The Balaban J connectivity index is 1.96. The number of para-hydroxylation sites is 1. The van der Waals surface area contributed by atoms with Gasteiger partial charge in [-0.2, -0.15) is 0 Å². The highest BCUT2D eigenvalue weighted by Gasteiger charge is 2.24. The van der Waals surface area contributed by atoms with Gasteiger partial charge in [-0.25, -0.2) is 0 Å². The number of hydrogen-bond donors (Lipinski definition) is 1. The van der Waals surface area contributed by atoms with Crippen molar-refractivity contribution in [3.05, 3.63) is 29.3 Å². The van der Waals surface area contributed by atoms with Crippen LogP contribution >= 0.6 is 0 Å². The maximum Gasteiger partial charge on any atom is 0.0428 e. The van der Waals surface area contributed by atoms with E-state index in [9.17, 15) is 0 Å². The van der Waals surface area contributed by atoms with Crippen molar-refractivity contribution in [1.29, 1.82) is 0 Å². The van der Waals surface area contributed by atoms with E-state index in [4.69, 9.17) is 0 Å². The molecule has 1 aliphatic heterocycles. The molecular formula is C18H30N2. The van der Waals surface area contributed by atoms with E-state index in [1.807, 2.05) is 0 Å². The molecule has 0 radical (unpaired) electrons. The molecule has 20 heavy (non-hydrogen) atoms. The zero-order valence-electron chi connectivity index (χ0n) is 13.6. The maximum absolute atomic E-state index is 3.62. The minimum atomic E-state index is 0.746. The van der Waals surface area contributed by atoms with Crippen LogP contribution in [0.1, 0.15) is 38.3 Å². The van der Waals surface area contributed by atoms with Crippen LogP contribution in [0.5, 0.6) is 0 Å². The molecule has 1 unspecified atom stereocenters. The van der Waals surface area contributed by atoms with Gasteiger partial charge in [-0.1, -0.05) is 39.0 Å². The molecule has 1 heterocycles. The molecule has 2 rings (SSSR count). The summed E-state index contributed by atoms with van der Waals surface area (Å²) >= 11 is 0. The van der Waals surface area contributed by atoms with Gasteiger partial charge in [0.2, 0.25) is 0 Å². The monoisotopic (exact) mass is 274 g/mol. The lowest BCUT2D eigenvalue weighted by atomic mass is 10.0. The lowest BCUT2D eigenvalue weighted by Crippen LogP contribution is -2.29. The molecule has 1 saturated heterocycles. The summed E-state index contributed by atoms with van der Waals surface area (Å²) in [6.07, 6.45) is 2.45. The molecule has 0 spiro atoms. The van der Waals surface area contributed by atoms with Crippen molar-refractivity contribution in [1.82, 2.24) is 5.32 Å². The van der Waals surface area contributed by atoms with Gasteiger partial charge in [0.25, 0.3) is 0 Å². The number of nitrogens with one attached hydrogen (secondary N) is 1. The van der Waals surface area contributed by atoms with Crippen LogP contribution in [0.2, 0.25) is 0 Å². The molecule has 0 aliphatic carbocycles. The molecule has 1 atom stereocenters. The molecule has 112 valence electrons. The van der Waals surface area contributed by atoms with E-state index in [1.54, 1.807) is 0 Å². The molecule has 1 fully saturated rings. The highest BCUT2D eigenvalue weighted by molar-refractivity contribution is 5.60. The number of benzene rings is 1. The lowest BCUT2D eigenvalue weighted by molar-refractivity contribution is 0.477. The summed E-state index contributed by atoms with van der Waals surface area (Å²) in [6.45, 7) is 13.8. The second-order valence-electron chi connectivity index (χ2n) is 6.59. The number of nitrogens with zero attached hydrogens (tertiary/aromatic N) is 1. The Labute approximate surface area is 124 Å². The average Bonchev–Trinajstić information content (AvgIpc) is 2.86. The van der Waals surface area contributed by atoms with Gasteiger partial charge in [0, 0.05) is 18.8 Å². The zero-order valence-corrected chi connectivity index (χ0v) is 13.6. The van der Waals surface area contributed by atoms with Crippen molar-refractivity contribution in [2.24, 2.45) is 11.8 Å². The van der Waals surface area contributed by atoms with E-state index in [0.29, 0.717) is 0 Å². The van der Waals surface area contributed by atoms with Crippen molar-refractivity contribution in [3.63, 3.8) is 0 Å². The van der Waals surface area contributed by atoms with Crippen molar-refractivity contribution >= 4 is 5.69 Å². The van der Waals surface area contributed by atoms with Crippen LogP contribution in [0.3, 0.4) is 0 Å². The molecule has 2 nitrogen and oxygen atoms in total. The van der Waals surface area contributed by atoms with E-state index in [1.165, 1.54) is 42.9 Å². The molecule has 1 aromatic carbocycles. The van der Waals surface area contributed by atoms with Gasteiger partial charge in [-0.3, -0.25) is 0 Å². The first kappa shape index (κ1) is 15.4. The summed E-state index contributed by atoms with van der Waals surface area (Å²) in [6, 6.07) is 6.72. The van der Waals surface area contributed by atoms with E-state index >= 15 is 0 Å². The fraction of sp³-hybridized carbons (Fsp3) is 0.667. The summed E-state index contributed by atoms with van der Waals surface area (Å²) in [5, 5.41) is 3.62. The Kier molecular flexibility index (Phi) is 5.47. The molecule has 2 heteroatoms. The van der Waals surface area contributed by atoms with Gasteiger partial charge < -0.3 is 10.2 Å². The second-order valence-corrected chi connectivity index (χ2v) is 6.59. The first-order valence-corrected chi connectivity index (χ1v) is 8.16. The fourth-order valence-corrected chi connectivity index (χ4v) is 3.24. The summed E-state index contributed by atoms with van der Waals surface area (Å²) in [5.74, 6) is 1.55. The van der Waals surface area contributed by atoms with Crippen molar-refractivity contribution < 1.29 is 0 Å². The highest BCUT2D eigenvalue weighted by atomic mass is 15.2. The standard InChI is InChI=1S/C18H30N2/c1-5-17-8-6-7-15(4)18(17)20-10-9-16(13-20)12-19-11-14(2)3/h6-8,14,16,19H,5,9-13H2,1-4H3. The first-order chi connectivity index (χ1) is 9.61. The molecule has 0 amide bonds. The molecular weight excluding hydrogens is 244 g/mol.